The zero-order valence-electron chi connectivity index (χ0n) is 18.6. The van der Waals surface area contributed by atoms with Crippen LogP contribution >= 0.6 is 23.2 Å². The Morgan fingerprint density at radius 1 is 1.12 bits per heavy atom. The lowest BCUT2D eigenvalue weighted by Gasteiger charge is -2.31. The number of amides is 2. The number of hydrogen-bond donors (Lipinski definition) is 1. The number of rotatable bonds is 9. The molecule has 0 aromatic heterocycles. The average Bonchev–Trinajstić information content (AvgIpc) is 3.27. The van der Waals surface area contributed by atoms with E-state index in [1.54, 1.807) is 23.1 Å². The van der Waals surface area contributed by atoms with E-state index in [-0.39, 0.29) is 24.5 Å². The first kappa shape index (κ1) is 24.4. The molecule has 2 aromatic carbocycles. The Kier molecular flexibility index (Phi) is 8.83. The van der Waals surface area contributed by atoms with Crippen molar-refractivity contribution in [2.75, 3.05) is 6.61 Å². The molecule has 7 heteroatoms. The minimum Gasteiger partial charge on any atom is -0.482 e. The first-order chi connectivity index (χ1) is 15.4. The Morgan fingerprint density at radius 3 is 2.44 bits per heavy atom. The van der Waals surface area contributed by atoms with Gasteiger partial charge in [0, 0.05) is 17.6 Å². The van der Waals surface area contributed by atoms with Crippen molar-refractivity contribution in [2.24, 2.45) is 0 Å². The fraction of sp³-hybridized carbons (Fsp3) is 0.440. The van der Waals surface area contributed by atoms with Gasteiger partial charge in [-0.25, -0.2) is 0 Å². The van der Waals surface area contributed by atoms with Crippen molar-refractivity contribution < 1.29 is 14.3 Å². The summed E-state index contributed by atoms with van der Waals surface area (Å²) in [6.45, 7) is 4.04. The van der Waals surface area contributed by atoms with Gasteiger partial charge in [0.2, 0.25) is 5.91 Å². The highest BCUT2D eigenvalue weighted by Gasteiger charge is 2.31. The number of hydrogen-bond acceptors (Lipinski definition) is 3. The second-order valence-corrected chi connectivity index (χ2v) is 9.13. The highest BCUT2D eigenvalue weighted by atomic mass is 35.5. The summed E-state index contributed by atoms with van der Waals surface area (Å²) in [5.41, 5.74) is 2.10. The van der Waals surface area contributed by atoms with Gasteiger partial charge in [0.05, 0.1) is 5.02 Å². The zero-order valence-corrected chi connectivity index (χ0v) is 20.1. The van der Waals surface area contributed by atoms with Crippen LogP contribution in [0.1, 0.15) is 50.2 Å². The van der Waals surface area contributed by atoms with Gasteiger partial charge in [-0.1, -0.05) is 72.8 Å². The minimum absolute atomic E-state index is 0.107. The van der Waals surface area contributed by atoms with Gasteiger partial charge in [0.15, 0.2) is 6.61 Å². The van der Waals surface area contributed by atoms with Gasteiger partial charge in [-0.3, -0.25) is 9.59 Å². The van der Waals surface area contributed by atoms with Gasteiger partial charge in [-0.05, 0) is 49.9 Å². The van der Waals surface area contributed by atoms with Crippen molar-refractivity contribution >= 4 is 35.0 Å². The smallest absolute Gasteiger partial charge is 0.261 e. The third-order valence-corrected chi connectivity index (χ3v) is 6.34. The molecular formula is C25H30Cl2N2O3. The largest absolute Gasteiger partial charge is 0.482 e. The van der Waals surface area contributed by atoms with Crippen LogP contribution in [0, 0.1) is 6.92 Å². The molecule has 0 radical (unpaired) electrons. The fourth-order valence-electron chi connectivity index (χ4n) is 3.99. The number of aryl methyl sites for hydroxylation is 1. The maximum atomic E-state index is 13.3. The van der Waals surface area contributed by atoms with Crippen LogP contribution in [0.25, 0.3) is 0 Å². The maximum absolute atomic E-state index is 13.3. The highest BCUT2D eigenvalue weighted by Crippen LogP contribution is 2.27. The van der Waals surface area contributed by atoms with E-state index in [9.17, 15) is 9.59 Å². The number of nitrogens with one attached hydrogen (secondary N) is 1. The molecule has 1 unspecified atom stereocenters. The quantitative estimate of drug-likeness (QED) is 0.516. The number of halogens is 2. The van der Waals surface area contributed by atoms with Crippen molar-refractivity contribution in [3.05, 3.63) is 63.6 Å². The van der Waals surface area contributed by atoms with Crippen LogP contribution in [0.4, 0.5) is 0 Å². The number of carbonyl (C=O) groups is 2. The van der Waals surface area contributed by atoms with Crippen molar-refractivity contribution in [3.8, 4) is 5.75 Å². The monoisotopic (exact) mass is 476 g/mol. The molecule has 1 N–H and O–H groups in total. The molecule has 1 atom stereocenters. The van der Waals surface area contributed by atoms with E-state index >= 15 is 0 Å². The molecule has 0 heterocycles. The highest BCUT2D eigenvalue weighted by molar-refractivity contribution is 6.35. The van der Waals surface area contributed by atoms with Gasteiger partial charge < -0.3 is 15.0 Å². The van der Waals surface area contributed by atoms with E-state index in [1.807, 2.05) is 38.1 Å². The predicted octanol–water partition coefficient (Wildman–Crippen LogP) is 5.55. The lowest BCUT2D eigenvalue weighted by molar-refractivity contribution is -0.143. The van der Waals surface area contributed by atoms with Crippen LogP contribution in [-0.4, -0.2) is 35.4 Å². The van der Waals surface area contributed by atoms with Crippen molar-refractivity contribution in [3.63, 3.8) is 0 Å². The molecule has 1 aliphatic rings. The molecular weight excluding hydrogens is 447 g/mol. The third-order valence-electron chi connectivity index (χ3n) is 5.81. The zero-order chi connectivity index (χ0) is 23.1. The Labute approximate surface area is 200 Å². The average molecular weight is 477 g/mol. The molecule has 0 aliphatic heterocycles. The lowest BCUT2D eigenvalue weighted by Crippen LogP contribution is -2.52. The Balaban J connectivity index is 1.76. The van der Waals surface area contributed by atoms with E-state index in [1.165, 1.54) is 0 Å². The molecule has 3 rings (SSSR count). The first-order valence-electron chi connectivity index (χ1n) is 11.1. The summed E-state index contributed by atoms with van der Waals surface area (Å²) in [5, 5.41) is 3.96. The summed E-state index contributed by atoms with van der Waals surface area (Å²) in [6, 6.07) is 12.4. The van der Waals surface area contributed by atoms with Crippen LogP contribution in [-0.2, 0) is 16.1 Å². The van der Waals surface area contributed by atoms with Gasteiger partial charge in [-0.2, -0.15) is 0 Å². The lowest BCUT2D eigenvalue weighted by atomic mass is 10.1. The molecule has 1 aliphatic carbocycles. The van der Waals surface area contributed by atoms with E-state index in [2.05, 4.69) is 5.32 Å². The molecule has 0 spiro atoms. The van der Waals surface area contributed by atoms with Gasteiger partial charge in [0.1, 0.15) is 11.8 Å². The van der Waals surface area contributed by atoms with Gasteiger partial charge in [0.25, 0.3) is 5.91 Å². The van der Waals surface area contributed by atoms with E-state index in [0.29, 0.717) is 28.8 Å². The predicted molar refractivity (Wildman–Crippen MR) is 128 cm³/mol. The third kappa shape index (κ3) is 6.63. The van der Waals surface area contributed by atoms with Gasteiger partial charge >= 0.3 is 0 Å². The number of carbonyl (C=O) groups excluding carboxylic acids is 2. The standard InChI is InChI=1S/C25H30Cl2N2O3/c1-3-22(25(31)28-20-6-4-5-7-20)29(15-18-10-8-17(2)9-11-18)24(30)16-32-23-13-12-19(26)14-21(23)27/h8-14,20,22H,3-7,15-16H2,1-2H3,(H,28,31). The number of benzene rings is 2. The minimum atomic E-state index is -0.575. The Bertz CT molecular complexity index is 927. The van der Waals surface area contributed by atoms with E-state index < -0.39 is 6.04 Å². The molecule has 2 amide bonds. The van der Waals surface area contributed by atoms with Gasteiger partial charge in [-0.15, -0.1) is 0 Å². The normalized spacial score (nSPS) is 14.8. The van der Waals surface area contributed by atoms with E-state index in [4.69, 9.17) is 27.9 Å². The summed E-state index contributed by atoms with van der Waals surface area (Å²) in [5.74, 6) is -0.00226. The van der Waals surface area contributed by atoms with Crippen molar-refractivity contribution in [1.82, 2.24) is 10.2 Å². The summed E-state index contributed by atoms with van der Waals surface area (Å²) in [6.07, 6.45) is 4.75. The van der Waals surface area contributed by atoms with Crippen LogP contribution in [0.3, 0.4) is 0 Å². The van der Waals surface area contributed by atoms with Crippen LogP contribution in [0.2, 0.25) is 10.0 Å². The molecule has 0 bridgehead atoms. The molecule has 5 nitrogen and oxygen atoms in total. The molecule has 2 aromatic rings. The SMILES string of the molecule is CCC(C(=O)NC1CCCC1)N(Cc1ccc(C)cc1)C(=O)COc1ccc(Cl)cc1Cl. The Morgan fingerprint density at radius 2 is 1.81 bits per heavy atom. The molecule has 0 saturated heterocycles. The molecule has 172 valence electrons. The summed E-state index contributed by atoms with van der Waals surface area (Å²) in [7, 11) is 0. The summed E-state index contributed by atoms with van der Waals surface area (Å²) < 4.78 is 5.69. The molecule has 32 heavy (non-hydrogen) atoms. The number of nitrogens with zero attached hydrogens (tertiary/aromatic N) is 1. The Hall–Kier alpha value is -2.24. The molecule has 1 fully saturated rings. The second-order valence-electron chi connectivity index (χ2n) is 8.28. The molecule has 1 saturated carbocycles. The number of ether oxygens (including phenoxy) is 1. The van der Waals surface area contributed by atoms with Crippen LogP contribution in [0.5, 0.6) is 5.75 Å². The first-order valence-corrected chi connectivity index (χ1v) is 11.9. The van der Waals surface area contributed by atoms with E-state index in [0.717, 1.165) is 36.8 Å². The second kappa shape index (κ2) is 11.6. The van der Waals surface area contributed by atoms with Crippen molar-refractivity contribution in [2.45, 2.75) is 64.6 Å². The summed E-state index contributed by atoms with van der Waals surface area (Å²) in [4.78, 5) is 28.0. The maximum Gasteiger partial charge on any atom is 0.261 e. The fourth-order valence-corrected chi connectivity index (χ4v) is 4.45. The van der Waals surface area contributed by atoms with Crippen molar-refractivity contribution in [1.29, 1.82) is 0 Å². The van der Waals surface area contributed by atoms with Crippen LogP contribution in [0.15, 0.2) is 42.5 Å². The summed E-state index contributed by atoms with van der Waals surface area (Å²) >= 11 is 12.1. The topological polar surface area (TPSA) is 58.6 Å². The van der Waals surface area contributed by atoms with Crippen LogP contribution < -0.4 is 10.1 Å².